The van der Waals surface area contributed by atoms with Crippen LogP contribution in [0.2, 0.25) is 0 Å². The van der Waals surface area contributed by atoms with Crippen LogP contribution in [-0.4, -0.2) is 30.3 Å². The standard InChI is InChI=1S/C43H83NO3/c1-6-8-10-12-14-16-18-20-22-24-26-28-30-32-34-36-38-40(47-42(45)41(44)39-46-43(3,4)5)37-35-33-31-29-27-25-23-21-19-17-15-13-11-9-7-2/h20-23,40-41H,6-19,24-39,44H2,1-5H3/b22-20-,23-21-/t40?,41-/m0/s1. The lowest BCUT2D eigenvalue weighted by Gasteiger charge is -2.24. The predicted molar refractivity (Wildman–Crippen MR) is 207 cm³/mol. The average molecular weight is 662 g/mol. The van der Waals surface area contributed by atoms with E-state index in [-0.39, 0.29) is 24.3 Å². The van der Waals surface area contributed by atoms with E-state index >= 15 is 0 Å². The molecule has 0 radical (unpaired) electrons. The monoisotopic (exact) mass is 662 g/mol. The first-order chi connectivity index (χ1) is 22.8. The fraction of sp³-hybridized carbons (Fsp3) is 0.884. The van der Waals surface area contributed by atoms with Crippen molar-refractivity contribution in [3.8, 4) is 0 Å². The highest BCUT2D eigenvalue weighted by molar-refractivity contribution is 5.75. The third kappa shape index (κ3) is 36.0. The molecule has 278 valence electrons. The summed E-state index contributed by atoms with van der Waals surface area (Å²) in [4.78, 5) is 12.8. The maximum atomic E-state index is 12.8. The number of allylic oxidation sites excluding steroid dienone is 4. The number of unbranched alkanes of at least 4 members (excludes halogenated alkanes) is 23. The van der Waals surface area contributed by atoms with E-state index in [0.29, 0.717) is 0 Å². The fourth-order valence-electron chi connectivity index (χ4n) is 5.98. The Morgan fingerprint density at radius 3 is 1.19 bits per heavy atom. The van der Waals surface area contributed by atoms with Crippen molar-refractivity contribution in [2.75, 3.05) is 6.61 Å². The van der Waals surface area contributed by atoms with Crippen LogP contribution in [0.15, 0.2) is 24.3 Å². The van der Waals surface area contributed by atoms with Crippen LogP contribution in [0.25, 0.3) is 0 Å². The molecule has 0 saturated carbocycles. The summed E-state index contributed by atoms with van der Waals surface area (Å²) in [7, 11) is 0. The molecule has 0 fully saturated rings. The molecular weight excluding hydrogens is 578 g/mol. The Morgan fingerprint density at radius 2 is 0.851 bits per heavy atom. The first-order valence-electron chi connectivity index (χ1n) is 20.7. The van der Waals surface area contributed by atoms with Gasteiger partial charge in [0, 0.05) is 0 Å². The SMILES string of the molecule is CCCCCCCC/C=C\CCCCCCCCC(CCCCCCC/C=C\CCCCCCCC)OC(=O)[C@@H](N)COC(C)(C)C. The largest absolute Gasteiger partial charge is 0.461 e. The van der Waals surface area contributed by atoms with E-state index in [1.807, 2.05) is 20.8 Å². The van der Waals surface area contributed by atoms with Gasteiger partial charge in [-0.1, -0.05) is 147 Å². The highest BCUT2D eigenvalue weighted by atomic mass is 16.5. The van der Waals surface area contributed by atoms with Gasteiger partial charge in [0.05, 0.1) is 12.2 Å². The van der Waals surface area contributed by atoms with Gasteiger partial charge in [0.25, 0.3) is 0 Å². The molecule has 0 aliphatic heterocycles. The van der Waals surface area contributed by atoms with E-state index in [1.165, 1.54) is 161 Å². The zero-order valence-corrected chi connectivity index (χ0v) is 32.5. The molecular formula is C43H83NO3. The molecule has 0 spiro atoms. The van der Waals surface area contributed by atoms with Crippen molar-refractivity contribution in [2.24, 2.45) is 5.73 Å². The van der Waals surface area contributed by atoms with Gasteiger partial charge >= 0.3 is 5.97 Å². The molecule has 2 N–H and O–H groups in total. The van der Waals surface area contributed by atoms with Gasteiger partial charge in [-0.15, -0.1) is 0 Å². The van der Waals surface area contributed by atoms with Gasteiger partial charge in [0.15, 0.2) is 0 Å². The molecule has 0 aliphatic rings. The second-order valence-electron chi connectivity index (χ2n) is 15.2. The third-order valence-corrected chi connectivity index (χ3v) is 9.11. The Labute approximate surface area is 294 Å². The summed E-state index contributed by atoms with van der Waals surface area (Å²) in [6, 6.07) is -0.717. The zero-order valence-electron chi connectivity index (χ0n) is 32.5. The van der Waals surface area contributed by atoms with Crippen molar-refractivity contribution in [1.29, 1.82) is 0 Å². The molecule has 4 nitrogen and oxygen atoms in total. The van der Waals surface area contributed by atoms with Gasteiger partial charge in [-0.3, -0.25) is 4.79 Å². The normalized spacial score (nSPS) is 13.6. The molecule has 47 heavy (non-hydrogen) atoms. The number of rotatable bonds is 35. The van der Waals surface area contributed by atoms with Crippen molar-refractivity contribution in [3.05, 3.63) is 24.3 Å². The predicted octanol–water partition coefficient (Wildman–Crippen LogP) is 13.5. The minimum absolute atomic E-state index is 0.0233. The van der Waals surface area contributed by atoms with Crippen molar-refractivity contribution in [1.82, 2.24) is 0 Å². The number of hydrogen-bond donors (Lipinski definition) is 1. The summed E-state index contributed by atoms with van der Waals surface area (Å²) in [6.07, 6.45) is 46.6. The number of esters is 1. The number of ether oxygens (including phenoxy) is 2. The number of hydrogen-bond acceptors (Lipinski definition) is 4. The Morgan fingerprint density at radius 1 is 0.532 bits per heavy atom. The lowest BCUT2D eigenvalue weighted by molar-refractivity contribution is -0.154. The number of carbonyl (C=O) groups is 1. The molecule has 0 aromatic rings. The van der Waals surface area contributed by atoms with Crippen LogP contribution in [-0.2, 0) is 14.3 Å². The van der Waals surface area contributed by atoms with Crippen LogP contribution in [0.4, 0.5) is 0 Å². The molecule has 0 rings (SSSR count). The van der Waals surface area contributed by atoms with Crippen LogP contribution in [0.3, 0.4) is 0 Å². The van der Waals surface area contributed by atoms with Gasteiger partial charge in [-0.2, -0.15) is 0 Å². The summed E-state index contributed by atoms with van der Waals surface area (Å²) in [5, 5.41) is 0. The van der Waals surface area contributed by atoms with Crippen LogP contribution in [0.1, 0.15) is 221 Å². The van der Waals surface area contributed by atoms with Gasteiger partial charge in [0.1, 0.15) is 12.1 Å². The molecule has 4 heteroatoms. The van der Waals surface area contributed by atoms with Crippen molar-refractivity contribution in [3.63, 3.8) is 0 Å². The summed E-state index contributed by atoms with van der Waals surface area (Å²) < 4.78 is 11.7. The van der Waals surface area contributed by atoms with Gasteiger partial charge in [0.2, 0.25) is 0 Å². The summed E-state index contributed by atoms with van der Waals surface area (Å²) in [5.74, 6) is -0.309. The lowest BCUT2D eigenvalue weighted by Crippen LogP contribution is -2.41. The second-order valence-corrected chi connectivity index (χ2v) is 15.2. The van der Waals surface area contributed by atoms with Crippen LogP contribution >= 0.6 is 0 Å². The zero-order chi connectivity index (χ0) is 34.7. The molecule has 0 aliphatic carbocycles. The molecule has 1 unspecified atom stereocenters. The fourth-order valence-corrected chi connectivity index (χ4v) is 5.98. The molecule has 0 aromatic heterocycles. The van der Waals surface area contributed by atoms with Crippen LogP contribution < -0.4 is 5.73 Å². The second kappa shape index (κ2) is 34.7. The number of carbonyl (C=O) groups excluding carboxylic acids is 1. The van der Waals surface area contributed by atoms with E-state index in [9.17, 15) is 4.79 Å². The first kappa shape index (κ1) is 45.9. The quantitative estimate of drug-likeness (QED) is 0.0417. The van der Waals surface area contributed by atoms with Crippen molar-refractivity contribution in [2.45, 2.75) is 239 Å². The summed E-state index contributed by atoms with van der Waals surface area (Å²) in [6.45, 7) is 10.7. The summed E-state index contributed by atoms with van der Waals surface area (Å²) in [5.41, 5.74) is 5.82. The van der Waals surface area contributed by atoms with Gasteiger partial charge in [-0.25, -0.2) is 0 Å². The van der Waals surface area contributed by atoms with E-state index < -0.39 is 6.04 Å². The minimum atomic E-state index is -0.717. The number of nitrogens with two attached hydrogens (primary N) is 1. The topological polar surface area (TPSA) is 61.5 Å². The minimum Gasteiger partial charge on any atom is -0.461 e. The molecule has 0 bridgehead atoms. The Hall–Kier alpha value is -1.13. The highest BCUT2D eigenvalue weighted by Crippen LogP contribution is 2.18. The molecule has 0 aromatic carbocycles. The Balaban J connectivity index is 4.15. The molecule has 0 heterocycles. The lowest BCUT2D eigenvalue weighted by atomic mass is 10.0. The van der Waals surface area contributed by atoms with E-state index in [2.05, 4.69) is 38.2 Å². The van der Waals surface area contributed by atoms with Crippen LogP contribution in [0, 0.1) is 0 Å². The Kier molecular flexibility index (Phi) is 33.9. The maximum absolute atomic E-state index is 12.8. The third-order valence-electron chi connectivity index (χ3n) is 9.11. The van der Waals surface area contributed by atoms with E-state index in [4.69, 9.17) is 15.2 Å². The smallest absolute Gasteiger partial charge is 0.325 e. The summed E-state index contributed by atoms with van der Waals surface area (Å²) >= 11 is 0. The average Bonchev–Trinajstić information content (AvgIpc) is 3.04. The van der Waals surface area contributed by atoms with Gasteiger partial charge in [-0.05, 0) is 97.8 Å². The first-order valence-corrected chi connectivity index (χ1v) is 20.7. The van der Waals surface area contributed by atoms with E-state index in [0.717, 1.165) is 25.7 Å². The van der Waals surface area contributed by atoms with Crippen LogP contribution in [0.5, 0.6) is 0 Å². The van der Waals surface area contributed by atoms with E-state index in [1.54, 1.807) is 0 Å². The molecule has 2 atom stereocenters. The maximum Gasteiger partial charge on any atom is 0.325 e. The molecule has 0 amide bonds. The van der Waals surface area contributed by atoms with Gasteiger partial charge < -0.3 is 15.2 Å². The van der Waals surface area contributed by atoms with Crippen molar-refractivity contribution >= 4 is 5.97 Å². The molecule has 0 saturated heterocycles. The van der Waals surface area contributed by atoms with Crippen molar-refractivity contribution < 1.29 is 14.3 Å². The highest BCUT2D eigenvalue weighted by Gasteiger charge is 2.22. The Bertz CT molecular complexity index is 710.